The van der Waals surface area contributed by atoms with Crippen molar-refractivity contribution in [2.75, 3.05) is 7.11 Å². The smallest absolute Gasteiger partial charge is 0.163 e. The lowest BCUT2D eigenvalue weighted by atomic mass is 10.2. The SMILES string of the molecule is COc1cc(F)c(CNO)cc1O. The summed E-state index contributed by atoms with van der Waals surface area (Å²) in [6, 6.07) is 2.25. The summed E-state index contributed by atoms with van der Waals surface area (Å²) in [5.41, 5.74) is 1.96. The first-order valence-corrected chi connectivity index (χ1v) is 3.61. The lowest BCUT2D eigenvalue weighted by Gasteiger charge is -2.06. The minimum atomic E-state index is -0.545. The van der Waals surface area contributed by atoms with Gasteiger partial charge in [-0.15, -0.1) is 0 Å². The third-order valence-electron chi connectivity index (χ3n) is 1.62. The van der Waals surface area contributed by atoms with Gasteiger partial charge in [-0.2, -0.15) is 0 Å². The minimum absolute atomic E-state index is 0.0661. The number of hydrogen-bond donors (Lipinski definition) is 3. The van der Waals surface area contributed by atoms with Gasteiger partial charge in [0.05, 0.1) is 7.11 Å². The van der Waals surface area contributed by atoms with Crippen LogP contribution in [-0.4, -0.2) is 17.4 Å². The van der Waals surface area contributed by atoms with E-state index >= 15 is 0 Å². The molecule has 0 saturated heterocycles. The molecule has 0 saturated carbocycles. The molecule has 0 aliphatic rings. The molecule has 1 rings (SSSR count). The molecule has 0 spiro atoms. The zero-order valence-electron chi connectivity index (χ0n) is 7.04. The summed E-state index contributed by atoms with van der Waals surface area (Å²) in [5, 5.41) is 17.6. The number of ether oxygens (including phenoxy) is 1. The first-order chi connectivity index (χ1) is 6.19. The molecule has 0 heterocycles. The second-order valence-electron chi connectivity index (χ2n) is 2.45. The van der Waals surface area contributed by atoms with Gasteiger partial charge in [-0.1, -0.05) is 0 Å². The summed E-state index contributed by atoms with van der Waals surface area (Å²) in [5.74, 6) is -0.635. The van der Waals surface area contributed by atoms with Crippen LogP contribution in [0, 0.1) is 5.82 Å². The molecule has 13 heavy (non-hydrogen) atoms. The molecule has 4 nitrogen and oxygen atoms in total. The summed E-state index contributed by atoms with van der Waals surface area (Å²) in [4.78, 5) is 0. The number of methoxy groups -OCH3 is 1. The van der Waals surface area contributed by atoms with Crippen LogP contribution >= 0.6 is 0 Å². The molecule has 0 aromatic heterocycles. The Morgan fingerprint density at radius 1 is 1.54 bits per heavy atom. The van der Waals surface area contributed by atoms with Gasteiger partial charge in [0, 0.05) is 18.2 Å². The van der Waals surface area contributed by atoms with E-state index in [0.717, 1.165) is 6.07 Å². The highest BCUT2D eigenvalue weighted by atomic mass is 19.1. The lowest BCUT2D eigenvalue weighted by Crippen LogP contribution is -2.07. The monoisotopic (exact) mass is 187 g/mol. The highest BCUT2D eigenvalue weighted by Gasteiger charge is 2.08. The van der Waals surface area contributed by atoms with E-state index in [1.54, 1.807) is 5.48 Å². The number of benzene rings is 1. The predicted octanol–water partition coefficient (Wildman–Crippen LogP) is 1.02. The number of phenolic OH excluding ortho intramolecular Hbond substituents is 1. The predicted molar refractivity (Wildman–Crippen MR) is 43.2 cm³/mol. The number of hydrogen-bond acceptors (Lipinski definition) is 4. The minimum Gasteiger partial charge on any atom is -0.504 e. The van der Waals surface area contributed by atoms with Crippen molar-refractivity contribution in [1.82, 2.24) is 5.48 Å². The standard InChI is InChI=1S/C8H10FNO3/c1-13-8-3-6(9)5(4-10-12)2-7(8)11/h2-3,10-12H,4H2,1H3. The van der Waals surface area contributed by atoms with Crippen molar-refractivity contribution in [2.45, 2.75) is 6.54 Å². The zero-order valence-corrected chi connectivity index (χ0v) is 7.04. The number of halogens is 1. The van der Waals surface area contributed by atoms with Crippen LogP contribution in [0.3, 0.4) is 0 Å². The maximum absolute atomic E-state index is 13.1. The van der Waals surface area contributed by atoms with Gasteiger partial charge in [-0.25, -0.2) is 9.87 Å². The Balaban J connectivity index is 3.05. The summed E-state index contributed by atoms with van der Waals surface area (Å²) >= 11 is 0. The van der Waals surface area contributed by atoms with E-state index in [0.29, 0.717) is 0 Å². The van der Waals surface area contributed by atoms with Crippen LogP contribution in [-0.2, 0) is 6.54 Å². The van der Waals surface area contributed by atoms with Crippen LogP contribution in [0.4, 0.5) is 4.39 Å². The molecular weight excluding hydrogens is 177 g/mol. The number of hydroxylamine groups is 1. The number of phenols is 1. The second-order valence-corrected chi connectivity index (χ2v) is 2.45. The van der Waals surface area contributed by atoms with E-state index < -0.39 is 5.82 Å². The van der Waals surface area contributed by atoms with Crippen LogP contribution < -0.4 is 10.2 Å². The highest BCUT2D eigenvalue weighted by molar-refractivity contribution is 5.42. The maximum atomic E-state index is 13.1. The van der Waals surface area contributed by atoms with Gasteiger partial charge in [0.25, 0.3) is 0 Å². The molecule has 72 valence electrons. The fourth-order valence-corrected chi connectivity index (χ4v) is 0.971. The third-order valence-corrected chi connectivity index (χ3v) is 1.62. The summed E-state index contributed by atoms with van der Waals surface area (Å²) in [7, 11) is 1.33. The molecule has 0 unspecified atom stereocenters. The van der Waals surface area contributed by atoms with E-state index in [4.69, 9.17) is 5.21 Å². The Kier molecular flexibility index (Phi) is 3.05. The highest BCUT2D eigenvalue weighted by Crippen LogP contribution is 2.28. The molecule has 5 heteroatoms. The first kappa shape index (κ1) is 9.76. The number of nitrogens with one attached hydrogen (secondary N) is 1. The fourth-order valence-electron chi connectivity index (χ4n) is 0.971. The third kappa shape index (κ3) is 2.07. The van der Waals surface area contributed by atoms with Gasteiger partial charge < -0.3 is 15.1 Å². The van der Waals surface area contributed by atoms with Gasteiger partial charge in [0.2, 0.25) is 0 Å². The maximum Gasteiger partial charge on any atom is 0.163 e. The van der Waals surface area contributed by atoms with Crippen LogP contribution in [0.2, 0.25) is 0 Å². The Hall–Kier alpha value is -1.33. The topological polar surface area (TPSA) is 61.7 Å². The van der Waals surface area contributed by atoms with Crippen molar-refractivity contribution in [3.05, 3.63) is 23.5 Å². The summed E-state index contributed by atoms with van der Waals surface area (Å²) < 4.78 is 17.7. The van der Waals surface area contributed by atoms with Crippen LogP contribution in [0.25, 0.3) is 0 Å². The van der Waals surface area contributed by atoms with Gasteiger partial charge >= 0.3 is 0 Å². The number of aromatic hydroxyl groups is 1. The normalized spacial score (nSPS) is 10.1. The van der Waals surface area contributed by atoms with Crippen molar-refractivity contribution in [3.63, 3.8) is 0 Å². The largest absolute Gasteiger partial charge is 0.504 e. The molecule has 1 aromatic carbocycles. The van der Waals surface area contributed by atoms with E-state index in [2.05, 4.69) is 4.74 Å². The van der Waals surface area contributed by atoms with Gasteiger partial charge in [0.15, 0.2) is 11.5 Å². The Morgan fingerprint density at radius 2 is 2.23 bits per heavy atom. The van der Waals surface area contributed by atoms with Crippen LogP contribution in [0.1, 0.15) is 5.56 Å². The molecule has 0 aliphatic heterocycles. The molecule has 0 fully saturated rings. The van der Waals surface area contributed by atoms with Gasteiger partial charge in [-0.05, 0) is 6.07 Å². The van der Waals surface area contributed by atoms with Crippen molar-refractivity contribution in [2.24, 2.45) is 0 Å². The Bertz CT molecular complexity index is 304. The Labute approximate surface area is 74.5 Å². The van der Waals surface area contributed by atoms with E-state index in [1.807, 2.05) is 0 Å². The van der Waals surface area contributed by atoms with Crippen LogP contribution in [0.5, 0.6) is 11.5 Å². The first-order valence-electron chi connectivity index (χ1n) is 3.61. The summed E-state index contributed by atoms with van der Waals surface area (Å²) in [6.45, 7) is -0.0661. The molecule has 3 N–H and O–H groups in total. The zero-order chi connectivity index (χ0) is 9.84. The fraction of sp³-hybridized carbons (Fsp3) is 0.250. The van der Waals surface area contributed by atoms with E-state index in [9.17, 15) is 9.50 Å². The van der Waals surface area contributed by atoms with Gasteiger partial charge in [0.1, 0.15) is 5.82 Å². The lowest BCUT2D eigenvalue weighted by molar-refractivity contribution is 0.160. The molecule has 0 radical (unpaired) electrons. The summed E-state index contributed by atoms with van der Waals surface area (Å²) in [6.07, 6.45) is 0. The van der Waals surface area contributed by atoms with Crippen molar-refractivity contribution in [3.8, 4) is 11.5 Å². The van der Waals surface area contributed by atoms with Crippen molar-refractivity contribution in [1.29, 1.82) is 0 Å². The average Bonchev–Trinajstić information content (AvgIpc) is 2.11. The Morgan fingerprint density at radius 3 is 2.77 bits per heavy atom. The molecule has 0 amide bonds. The van der Waals surface area contributed by atoms with Crippen molar-refractivity contribution >= 4 is 0 Å². The van der Waals surface area contributed by atoms with E-state index in [1.165, 1.54) is 13.2 Å². The molecule has 0 atom stereocenters. The molecule has 0 bridgehead atoms. The average molecular weight is 187 g/mol. The number of rotatable bonds is 3. The molecule has 1 aromatic rings. The van der Waals surface area contributed by atoms with Gasteiger partial charge in [-0.3, -0.25) is 0 Å². The quantitative estimate of drug-likeness (QED) is 0.618. The van der Waals surface area contributed by atoms with E-state index in [-0.39, 0.29) is 23.6 Å². The molecular formula is C8H10FNO3. The second kappa shape index (κ2) is 4.06. The van der Waals surface area contributed by atoms with Crippen molar-refractivity contribution < 1.29 is 19.4 Å². The molecule has 0 aliphatic carbocycles. The van der Waals surface area contributed by atoms with Crippen LogP contribution in [0.15, 0.2) is 12.1 Å².